The first-order valence-electron chi connectivity index (χ1n) is 8.32. The van der Waals surface area contributed by atoms with Crippen LogP contribution in [0.1, 0.15) is 15.4 Å². The van der Waals surface area contributed by atoms with E-state index in [1.165, 1.54) is 29.5 Å². The number of Topliss-reactive ketones (excluding diaryl/α,β-unsaturated/α-hetero) is 1. The summed E-state index contributed by atoms with van der Waals surface area (Å²) >= 11 is 6.73. The van der Waals surface area contributed by atoms with E-state index in [4.69, 9.17) is 11.6 Å². The van der Waals surface area contributed by atoms with E-state index in [0.717, 1.165) is 5.56 Å². The zero-order chi connectivity index (χ0) is 20.8. The van der Waals surface area contributed by atoms with Crippen molar-refractivity contribution >= 4 is 40.3 Å². The van der Waals surface area contributed by atoms with Crippen LogP contribution in [0.4, 0.5) is 14.5 Å². The maximum Gasteiger partial charge on any atom is 0.387 e. The molecule has 0 fully saturated rings. The molecule has 0 aliphatic rings. The number of carbonyl (C=O) groups excluding carboxylic acids is 2. The molecule has 0 aliphatic carbocycles. The van der Waals surface area contributed by atoms with E-state index >= 15 is 0 Å². The van der Waals surface area contributed by atoms with Gasteiger partial charge in [-0.05, 0) is 18.2 Å². The van der Waals surface area contributed by atoms with Crippen molar-refractivity contribution in [2.45, 2.75) is 13.0 Å². The average molecular weight is 438 g/mol. The predicted octanol–water partition coefficient (Wildman–Crippen LogP) is 4.41. The Hall–Kier alpha value is -2.91. The number of rotatable bonds is 8. The summed E-state index contributed by atoms with van der Waals surface area (Å²) in [5.74, 6) is -1.57. The number of nitrogens with one attached hydrogen (secondary N) is 1. The van der Waals surface area contributed by atoms with Gasteiger partial charge in [-0.3, -0.25) is 9.59 Å². The smallest absolute Gasteiger partial charge is 0.387 e. The van der Waals surface area contributed by atoms with Crippen molar-refractivity contribution in [3.05, 3.63) is 59.1 Å². The SMILES string of the molecule is O=C(CCl)Nc1cc(C(=O)Cc2nnc(-c3ccccc3)s2)ccc1OC(F)F. The van der Waals surface area contributed by atoms with Crippen molar-refractivity contribution < 1.29 is 23.1 Å². The first kappa shape index (κ1) is 20.8. The Balaban J connectivity index is 1.79. The lowest BCUT2D eigenvalue weighted by Crippen LogP contribution is -2.15. The number of aromatic nitrogens is 2. The number of ketones is 1. The number of nitrogens with zero attached hydrogens (tertiary/aromatic N) is 2. The average Bonchev–Trinajstić information content (AvgIpc) is 3.18. The molecule has 10 heteroatoms. The minimum atomic E-state index is -3.08. The van der Waals surface area contributed by atoms with Gasteiger partial charge in [-0.25, -0.2) is 0 Å². The number of carbonyl (C=O) groups is 2. The largest absolute Gasteiger partial charge is 0.433 e. The minimum absolute atomic E-state index is 0.0254. The molecule has 0 bridgehead atoms. The first-order valence-corrected chi connectivity index (χ1v) is 9.67. The second kappa shape index (κ2) is 9.53. The Morgan fingerprint density at radius 3 is 2.59 bits per heavy atom. The molecule has 0 unspecified atom stereocenters. The van der Waals surface area contributed by atoms with Crippen molar-refractivity contribution in [1.29, 1.82) is 0 Å². The number of amides is 1. The van der Waals surface area contributed by atoms with Gasteiger partial charge in [0.05, 0.1) is 12.1 Å². The minimum Gasteiger partial charge on any atom is -0.433 e. The van der Waals surface area contributed by atoms with Crippen molar-refractivity contribution in [2.24, 2.45) is 0 Å². The molecular formula is C19H14ClF2N3O3S. The standard InChI is InChI=1S/C19H14ClF2N3O3S/c20-10-16(27)23-13-8-12(6-7-15(13)28-19(21)22)14(26)9-17-24-25-18(29-17)11-4-2-1-3-5-11/h1-8,19H,9-10H2,(H,23,27). The lowest BCUT2D eigenvalue weighted by atomic mass is 10.1. The van der Waals surface area contributed by atoms with Gasteiger partial charge in [0.2, 0.25) is 5.91 Å². The lowest BCUT2D eigenvalue weighted by Gasteiger charge is -2.12. The Bertz CT molecular complexity index is 1010. The zero-order valence-electron chi connectivity index (χ0n) is 14.8. The fourth-order valence-corrected chi connectivity index (χ4v) is 3.36. The molecule has 150 valence electrons. The Labute approximate surface area is 173 Å². The molecule has 0 saturated carbocycles. The lowest BCUT2D eigenvalue weighted by molar-refractivity contribution is -0.114. The molecule has 0 atom stereocenters. The molecule has 6 nitrogen and oxygen atoms in total. The molecule has 0 aliphatic heterocycles. The highest BCUT2D eigenvalue weighted by Gasteiger charge is 2.17. The molecule has 29 heavy (non-hydrogen) atoms. The molecule has 0 radical (unpaired) electrons. The molecule has 1 aromatic heterocycles. The van der Waals surface area contributed by atoms with Gasteiger partial charge in [-0.2, -0.15) is 8.78 Å². The molecule has 0 saturated heterocycles. The normalized spacial score (nSPS) is 10.8. The van der Waals surface area contributed by atoms with Gasteiger partial charge in [0.1, 0.15) is 21.6 Å². The topological polar surface area (TPSA) is 81.2 Å². The third-order valence-electron chi connectivity index (χ3n) is 3.71. The number of ether oxygens (including phenoxy) is 1. The summed E-state index contributed by atoms with van der Waals surface area (Å²) in [6, 6.07) is 13.2. The molecule has 1 amide bonds. The molecule has 0 spiro atoms. The number of anilines is 1. The van der Waals surface area contributed by atoms with Gasteiger partial charge in [0, 0.05) is 11.1 Å². The Kier molecular flexibility index (Phi) is 6.84. The van der Waals surface area contributed by atoms with Crippen LogP contribution in [-0.2, 0) is 11.2 Å². The monoisotopic (exact) mass is 437 g/mol. The van der Waals surface area contributed by atoms with E-state index in [-0.39, 0.29) is 35.1 Å². The quantitative estimate of drug-likeness (QED) is 0.417. The van der Waals surface area contributed by atoms with Crippen LogP contribution in [0, 0.1) is 0 Å². The highest BCUT2D eigenvalue weighted by Crippen LogP contribution is 2.29. The van der Waals surface area contributed by atoms with Crippen LogP contribution in [0.2, 0.25) is 0 Å². The van der Waals surface area contributed by atoms with E-state index in [2.05, 4.69) is 20.3 Å². The molecule has 1 N–H and O–H groups in total. The van der Waals surface area contributed by atoms with Crippen LogP contribution in [0.15, 0.2) is 48.5 Å². The number of halogens is 3. The van der Waals surface area contributed by atoms with Gasteiger partial charge in [0.25, 0.3) is 0 Å². The van der Waals surface area contributed by atoms with Gasteiger partial charge >= 0.3 is 6.61 Å². The number of hydrogen-bond donors (Lipinski definition) is 1. The molecule has 1 heterocycles. The van der Waals surface area contributed by atoms with Crippen LogP contribution in [-0.4, -0.2) is 34.4 Å². The fraction of sp³-hybridized carbons (Fsp3) is 0.158. The Morgan fingerprint density at radius 2 is 1.90 bits per heavy atom. The van der Waals surface area contributed by atoms with Crippen LogP contribution < -0.4 is 10.1 Å². The van der Waals surface area contributed by atoms with Gasteiger partial charge < -0.3 is 10.1 Å². The number of alkyl halides is 3. The third kappa shape index (κ3) is 5.55. The first-order chi connectivity index (χ1) is 14.0. The van der Waals surface area contributed by atoms with E-state index in [1.54, 1.807) is 0 Å². The summed E-state index contributed by atoms with van der Waals surface area (Å²) in [7, 11) is 0. The molecule has 2 aromatic carbocycles. The summed E-state index contributed by atoms with van der Waals surface area (Å²) in [6.45, 7) is -3.08. The van der Waals surface area contributed by atoms with Gasteiger partial charge in [0.15, 0.2) is 5.78 Å². The maximum atomic E-state index is 12.6. The predicted molar refractivity (Wildman–Crippen MR) is 106 cm³/mol. The van der Waals surface area contributed by atoms with Gasteiger partial charge in [-0.1, -0.05) is 41.7 Å². The number of benzene rings is 2. The third-order valence-corrected chi connectivity index (χ3v) is 4.93. The van der Waals surface area contributed by atoms with Gasteiger partial charge in [-0.15, -0.1) is 21.8 Å². The Morgan fingerprint density at radius 1 is 1.14 bits per heavy atom. The summed E-state index contributed by atoms with van der Waals surface area (Å²) in [4.78, 5) is 24.2. The van der Waals surface area contributed by atoms with E-state index < -0.39 is 12.5 Å². The van der Waals surface area contributed by atoms with Crippen molar-refractivity contribution in [2.75, 3.05) is 11.2 Å². The molecular weight excluding hydrogens is 424 g/mol. The van der Waals surface area contributed by atoms with Crippen LogP contribution in [0.5, 0.6) is 5.75 Å². The highest BCUT2D eigenvalue weighted by atomic mass is 35.5. The second-order valence-corrected chi connectivity index (χ2v) is 7.07. The molecule has 3 aromatic rings. The van der Waals surface area contributed by atoms with Crippen molar-refractivity contribution in [1.82, 2.24) is 10.2 Å². The summed E-state index contributed by atoms with van der Waals surface area (Å²) in [5.41, 5.74) is 1.03. The number of hydrogen-bond acceptors (Lipinski definition) is 6. The fourth-order valence-electron chi connectivity index (χ4n) is 2.45. The maximum absolute atomic E-state index is 12.6. The second-order valence-electron chi connectivity index (χ2n) is 5.74. The summed E-state index contributed by atoms with van der Waals surface area (Å²) in [6.07, 6.45) is -0.0254. The van der Waals surface area contributed by atoms with Crippen molar-refractivity contribution in [3.8, 4) is 16.3 Å². The summed E-state index contributed by atoms with van der Waals surface area (Å²) in [5, 5.41) is 11.7. The van der Waals surface area contributed by atoms with E-state index in [0.29, 0.717) is 10.0 Å². The van der Waals surface area contributed by atoms with Crippen molar-refractivity contribution in [3.63, 3.8) is 0 Å². The van der Waals surface area contributed by atoms with Crippen LogP contribution >= 0.6 is 22.9 Å². The molecule has 3 rings (SSSR count). The highest BCUT2D eigenvalue weighted by molar-refractivity contribution is 7.14. The van der Waals surface area contributed by atoms with E-state index in [9.17, 15) is 18.4 Å². The van der Waals surface area contributed by atoms with Crippen LogP contribution in [0.3, 0.4) is 0 Å². The zero-order valence-corrected chi connectivity index (χ0v) is 16.3. The summed E-state index contributed by atoms with van der Waals surface area (Å²) < 4.78 is 29.5. The van der Waals surface area contributed by atoms with Crippen LogP contribution in [0.25, 0.3) is 10.6 Å². The van der Waals surface area contributed by atoms with E-state index in [1.807, 2.05) is 30.3 Å².